The Morgan fingerprint density at radius 2 is 2.13 bits per heavy atom. The largest absolute Gasteiger partial charge is 0.496 e. The predicted molar refractivity (Wildman–Crippen MR) is 115 cm³/mol. The van der Waals surface area contributed by atoms with Crippen molar-refractivity contribution in [3.8, 4) is 5.75 Å². The van der Waals surface area contributed by atoms with Gasteiger partial charge in [-0.1, -0.05) is 25.1 Å². The zero-order valence-corrected chi connectivity index (χ0v) is 18.3. The minimum Gasteiger partial charge on any atom is -0.496 e. The van der Waals surface area contributed by atoms with Crippen LogP contribution in [-0.4, -0.2) is 51.2 Å². The number of para-hydroxylation sites is 1. The molecule has 3 aliphatic heterocycles. The van der Waals surface area contributed by atoms with E-state index in [9.17, 15) is 4.79 Å². The smallest absolute Gasteiger partial charge is 0.243 e. The van der Waals surface area contributed by atoms with E-state index in [-0.39, 0.29) is 5.54 Å². The van der Waals surface area contributed by atoms with E-state index in [0.717, 1.165) is 62.3 Å². The average Bonchev–Trinajstić information content (AvgIpc) is 3.46. The summed E-state index contributed by atoms with van der Waals surface area (Å²) in [5.74, 6) is 1.57. The Kier molecular flexibility index (Phi) is 4.85. The van der Waals surface area contributed by atoms with Crippen LogP contribution in [-0.2, 0) is 17.9 Å². The highest BCUT2D eigenvalue weighted by Crippen LogP contribution is 2.56. The second-order valence-corrected chi connectivity index (χ2v) is 9.10. The third kappa shape index (κ3) is 2.80. The van der Waals surface area contributed by atoms with Crippen molar-refractivity contribution < 1.29 is 9.53 Å². The summed E-state index contributed by atoms with van der Waals surface area (Å²) in [6.45, 7) is 7.73. The van der Waals surface area contributed by atoms with E-state index < -0.39 is 0 Å². The van der Waals surface area contributed by atoms with Crippen LogP contribution in [0.4, 0.5) is 0 Å². The second kappa shape index (κ2) is 7.41. The molecule has 0 N–H and O–H groups in total. The molecular formula is C24H32N4O2. The number of aromatic nitrogens is 2. The van der Waals surface area contributed by atoms with Gasteiger partial charge in [-0.3, -0.25) is 14.4 Å². The van der Waals surface area contributed by atoms with Crippen molar-refractivity contribution in [2.45, 2.75) is 64.2 Å². The zero-order valence-electron chi connectivity index (χ0n) is 18.3. The molecule has 0 aliphatic carbocycles. The van der Waals surface area contributed by atoms with Gasteiger partial charge in [0.1, 0.15) is 11.3 Å². The van der Waals surface area contributed by atoms with Crippen molar-refractivity contribution in [1.29, 1.82) is 0 Å². The van der Waals surface area contributed by atoms with Crippen molar-refractivity contribution in [1.82, 2.24) is 19.6 Å². The number of aryl methyl sites for hydroxylation is 2. The molecule has 1 aromatic carbocycles. The molecule has 30 heavy (non-hydrogen) atoms. The van der Waals surface area contributed by atoms with Gasteiger partial charge in [-0.05, 0) is 45.2 Å². The summed E-state index contributed by atoms with van der Waals surface area (Å²) in [6.07, 6.45) is 6.44. The molecule has 0 bridgehead atoms. The maximum atomic E-state index is 13.8. The van der Waals surface area contributed by atoms with Crippen molar-refractivity contribution in [2.24, 2.45) is 5.92 Å². The molecule has 0 saturated carbocycles. The topological polar surface area (TPSA) is 50.6 Å². The van der Waals surface area contributed by atoms with Crippen LogP contribution >= 0.6 is 0 Å². The molecule has 3 aliphatic rings. The van der Waals surface area contributed by atoms with E-state index in [4.69, 9.17) is 9.84 Å². The van der Waals surface area contributed by atoms with Gasteiger partial charge in [0, 0.05) is 48.9 Å². The molecule has 1 amide bonds. The van der Waals surface area contributed by atoms with Gasteiger partial charge in [0.25, 0.3) is 0 Å². The van der Waals surface area contributed by atoms with Crippen LogP contribution in [0.5, 0.6) is 5.75 Å². The van der Waals surface area contributed by atoms with Crippen LogP contribution in [0.2, 0.25) is 0 Å². The summed E-state index contributed by atoms with van der Waals surface area (Å²) in [6, 6.07) is 8.36. The Balaban J connectivity index is 1.41. The average molecular weight is 409 g/mol. The molecular weight excluding hydrogens is 376 g/mol. The third-order valence-electron chi connectivity index (χ3n) is 7.48. The molecule has 1 aromatic heterocycles. The number of rotatable bonds is 6. The molecule has 0 unspecified atom stereocenters. The summed E-state index contributed by atoms with van der Waals surface area (Å²) in [5, 5.41) is 4.74. The number of hydrogen-bond acceptors (Lipinski definition) is 4. The fraction of sp³-hybridized carbons (Fsp3) is 0.583. The minimum absolute atomic E-state index is 0.314. The fourth-order valence-corrected chi connectivity index (χ4v) is 6.25. The number of likely N-dealkylation sites (tertiary alicyclic amines) is 1. The normalized spacial score (nSPS) is 28.2. The minimum atomic E-state index is -0.314. The van der Waals surface area contributed by atoms with Gasteiger partial charge in [-0.25, -0.2) is 0 Å². The monoisotopic (exact) mass is 408 g/mol. The number of carbonyl (C=O) groups excluding carboxylic acids is 1. The van der Waals surface area contributed by atoms with E-state index in [1.54, 1.807) is 7.11 Å². The second-order valence-electron chi connectivity index (χ2n) is 9.10. The lowest BCUT2D eigenvalue weighted by atomic mass is 9.85. The van der Waals surface area contributed by atoms with E-state index in [1.807, 2.05) is 18.2 Å². The zero-order chi connectivity index (χ0) is 20.9. The lowest BCUT2D eigenvalue weighted by Crippen LogP contribution is -2.49. The number of amides is 1. The maximum Gasteiger partial charge on any atom is 0.243 e. The molecule has 0 radical (unpaired) electrons. The lowest BCUT2D eigenvalue weighted by molar-refractivity contribution is -0.137. The van der Waals surface area contributed by atoms with E-state index in [2.05, 4.69) is 40.6 Å². The van der Waals surface area contributed by atoms with E-state index >= 15 is 0 Å². The molecule has 160 valence electrons. The molecule has 3 saturated heterocycles. The van der Waals surface area contributed by atoms with E-state index in [1.165, 1.54) is 5.56 Å². The first kappa shape index (κ1) is 19.6. The van der Waals surface area contributed by atoms with Gasteiger partial charge in [0.15, 0.2) is 0 Å². The molecule has 6 nitrogen and oxygen atoms in total. The number of methoxy groups -OCH3 is 1. The van der Waals surface area contributed by atoms with Gasteiger partial charge in [0.2, 0.25) is 5.91 Å². The van der Waals surface area contributed by atoms with Crippen molar-refractivity contribution in [3.63, 3.8) is 0 Å². The first-order chi connectivity index (χ1) is 14.6. The Labute approximate surface area is 178 Å². The number of hydrogen-bond donors (Lipinski definition) is 0. The molecule has 3 fully saturated rings. The van der Waals surface area contributed by atoms with Crippen LogP contribution in [0.15, 0.2) is 30.5 Å². The maximum absolute atomic E-state index is 13.8. The summed E-state index contributed by atoms with van der Waals surface area (Å²) < 4.78 is 7.60. The quantitative estimate of drug-likeness (QED) is 0.734. The highest BCUT2D eigenvalue weighted by molar-refractivity contribution is 5.90. The van der Waals surface area contributed by atoms with Crippen LogP contribution in [0, 0.1) is 12.8 Å². The predicted octanol–water partition coefficient (Wildman–Crippen LogP) is 3.55. The van der Waals surface area contributed by atoms with Crippen LogP contribution in [0.3, 0.4) is 0 Å². The molecule has 5 rings (SSSR count). The standard InChI is InChI=1S/C24H32N4O2/c1-4-11-27-16-20(17(2)25-27)21-13-19-15-26(14-18-8-5-6-9-22(18)30-3)23(29)24(19)10-7-12-28(21)24/h5-6,8-9,16,19,21H,4,7,10-15H2,1-3H3/t19-,21-,24-/m0/s1. The van der Waals surface area contributed by atoms with Gasteiger partial charge >= 0.3 is 0 Å². The molecule has 1 spiro atoms. The highest BCUT2D eigenvalue weighted by Gasteiger charge is 2.65. The highest BCUT2D eigenvalue weighted by atomic mass is 16.5. The summed E-state index contributed by atoms with van der Waals surface area (Å²) in [4.78, 5) is 18.4. The SMILES string of the molecule is CCCn1cc([C@@H]2C[C@H]3CN(Cc4ccccc4OC)C(=O)[C@]34CCCN24)c(C)n1. The Hall–Kier alpha value is -2.34. The van der Waals surface area contributed by atoms with Crippen LogP contribution < -0.4 is 4.74 Å². The Bertz CT molecular complexity index is 954. The number of nitrogens with zero attached hydrogens (tertiary/aromatic N) is 4. The first-order valence-corrected chi connectivity index (χ1v) is 11.3. The van der Waals surface area contributed by atoms with Crippen LogP contribution in [0.1, 0.15) is 55.5 Å². The number of ether oxygens (including phenoxy) is 1. The summed E-state index contributed by atoms with van der Waals surface area (Å²) in [7, 11) is 1.70. The molecule has 4 heterocycles. The molecule has 6 heteroatoms. The molecule has 3 atom stereocenters. The van der Waals surface area contributed by atoms with Gasteiger partial charge in [-0.2, -0.15) is 5.10 Å². The fourth-order valence-electron chi connectivity index (χ4n) is 6.25. The number of benzene rings is 1. The van der Waals surface area contributed by atoms with Crippen molar-refractivity contribution >= 4 is 5.91 Å². The van der Waals surface area contributed by atoms with Gasteiger partial charge in [-0.15, -0.1) is 0 Å². The van der Waals surface area contributed by atoms with Crippen molar-refractivity contribution in [3.05, 3.63) is 47.3 Å². The van der Waals surface area contributed by atoms with Gasteiger partial charge < -0.3 is 9.64 Å². The van der Waals surface area contributed by atoms with Gasteiger partial charge in [0.05, 0.1) is 12.8 Å². The lowest BCUT2D eigenvalue weighted by Gasteiger charge is -2.33. The summed E-state index contributed by atoms with van der Waals surface area (Å²) in [5.41, 5.74) is 3.21. The number of carbonyl (C=O) groups is 1. The van der Waals surface area contributed by atoms with E-state index in [0.29, 0.717) is 24.4 Å². The Morgan fingerprint density at radius 3 is 2.93 bits per heavy atom. The summed E-state index contributed by atoms with van der Waals surface area (Å²) >= 11 is 0. The van der Waals surface area contributed by atoms with Crippen molar-refractivity contribution in [2.75, 3.05) is 20.2 Å². The Morgan fingerprint density at radius 1 is 1.30 bits per heavy atom. The first-order valence-electron chi connectivity index (χ1n) is 11.3. The third-order valence-corrected chi connectivity index (χ3v) is 7.48. The molecule has 2 aromatic rings. The van der Waals surface area contributed by atoms with Crippen LogP contribution in [0.25, 0.3) is 0 Å².